The lowest BCUT2D eigenvalue weighted by molar-refractivity contribution is -0.0753. The van der Waals surface area contributed by atoms with Crippen molar-refractivity contribution in [3.63, 3.8) is 0 Å². The number of β-amino-alcohol motifs (C(OH)–C–C–N with tert-alkyl or cyclic N) is 1. The van der Waals surface area contributed by atoms with Crippen molar-refractivity contribution < 1.29 is 9.84 Å². The fourth-order valence-corrected chi connectivity index (χ4v) is 4.18. The number of piperazine rings is 1. The molecule has 0 bridgehead atoms. The van der Waals surface area contributed by atoms with E-state index in [4.69, 9.17) is 4.74 Å². The summed E-state index contributed by atoms with van der Waals surface area (Å²) in [6.45, 7) is 15.9. The van der Waals surface area contributed by atoms with Gasteiger partial charge in [0.15, 0.2) is 0 Å². The van der Waals surface area contributed by atoms with E-state index < -0.39 is 0 Å². The van der Waals surface area contributed by atoms with Gasteiger partial charge in [-0.2, -0.15) is 0 Å². The van der Waals surface area contributed by atoms with Crippen LogP contribution in [0.3, 0.4) is 0 Å². The minimum atomic E-state index is -0.353. The van der Waals surface area contributed by atoms with Crippen LogP contribution in [0.25, 0.3) is 0 Å². The Morgan fingerprint density at radius 3 is 2.35 bits per heavy atom. The highest BCUT2D eigenvalue weighted by molar-refractivity contribution is 4.82. The summed E-state index contributed by atoms with van der Waals surface area (Å²) in [6, 6.07) is 0. The zero-order valence-electron chi connectivity index (χ0n) is 15.7. The number of hydrogen-bond acceptors (Lipinski definition) is 4. The predicted molar refractivity (Wildman–Crippen MR) is 95.6 cm³/mol. The SMILES string of the molecule is CCN1CCN(C[C@@H](O)CO[C@@H]2C[C@H](C)CC[C@@H]2C(C)C)CC1. The summed E-state index contributed by atoms with van der Waals surface area (Å²) in [6.07, 6.45) is 3.74. The number of rotatable bonds is 7. The van der Waals surface area contributed by atoms with E-state index >= 15 is 0 Å². The van der Waals surface area contributed by atoms with E-state index in [1.54, 1.807) is 0 Å². The average molecular weight is 327 g/mol. The maximum absolute atomic E-state index is 10.4. The number of ether oxygens (including phenoxy) is 1. The molecule has 4 heteroatoms. The minimum Gasteiger partial charge on any atom is -0.389 e. The van der Waals surface area contributed by atoms with Crippen LogP contribution in [0.1, 0.15) is 47.0 Å². The van der Waals surface area contributed by atoms with Crippen LogP contribution < -0.4 is 0 Å². The van der Waals surface area contributed by atoms with E-state index in [1.165, 1.54) is 12.8 Å². The first kappa shape index (κ1) is 19.2. The van der Waals surface area contributed by atoms with Gasteiger partial charge >= 0.3 is 0 Å². The Kier molecular flexibility index (Phi) is 7.80. The van der Waals surface area contributed by atoms with Crippen molar-refractivity contribution in [2.45, 2.75) is 59.2 Å². The topological polar surface area (TPSA) is 35.9 Å². The number of hydrogen-bond donors (Lipinski definition) is 1. The van der Waals surface area contributed by atoms with Crippen LogP contribution in [0.2, 0.25) is 0 Å². The van der Waals surface area contributed by atoms with Crippen molar-refractivity contribution in [2.75, 3.05) is 45.9 Å². The molecule has 0 radical (unpaired) electrons. The highest BCUT2D eigenvalue weighted by atomic mass is 16.5. The van der Waals surface area contributed by atoms with Crippen LogP contribution >= 0.6 is 0 Å². The van der Waals surface area contributed by atoms with E-state index in [0.717, 1.165) is 51.6 Å². The average Bonchev–Trinajstić information content (AvgIpc) is 2.53. The Hall–Kier alpha value is -0.160. The lowest BCUT2D eigenvalue weighted by atomic mass is 9.75. The molecule has 0 amide bonds. The van der Waals surface area contributed by atoms with E-state index in [2.05, 4.69) is 37.5 Å². The maximum Gasteiger partial charge on any atom is 0.0900 e. The summed E-state index contributed by atoms with van der Waals surface area (Å²) in [5, 5.41) is 10.4. The quantitative estimate of drug-likeness (QED) is 0.780. The van der Waals surface area contributed by atoms with Gasteiger partial charge in [0.2, 0.25) is 0 Å². The molecule has 2 aliphatic rings. The minimum absolute atomic E-state index is 0.338. The summed E-state index contributed by atoms with van der Waals surface area (Å²) in [5.74, 6) is 2.09. The molecule has 1 saturated heterocycles. The van der Waals surface area contributed by atoms with Crippen LogP contribution in [0.5, 0.6) is 0 Å². The Morgan fingerprint density at radius 2 is 1.74 bits per heavy atom. The third-order valence-electron chi connectivity index (χ3n) is 5.85. The van der Waals surface area contributed by atoms with Crippen LogP contribution in [0, 0.1) is 17.8 Å². The van der Waals surface area contributed by atoms with E-state index in [0.29, 0.717) is 24.5 Å². The maximum atomic E-state index is 10.4. The Morgan fingerprint density at radius 1 is 1.09 bits per heavy atom. The highest BCUT2D eigenvalue weighted by Gasteiger charge is 2.31. The van der Waals surface area contributed by atoms with Crippen molar-refractivity contribution >= 4 is 0 Å². The number of nitrogens with zero attached hydrogens (tertiary/aromatic N) is 2. The van der Waals surface area contributed by atoms with Gasteiger partial charge in [0, 0.05) is 32.7 Å². The van der Waals surface area contributed by atoms with Crippen LogP contribution in [0.4, 0.5) is 0 Å². The summed E-state index contributed by atoms with van der Waals surface area (Å²) in [5.41, 5.74) is 0. The van der Waals surface area contributed by atoms with Gasteiger partial charge in [-0.1, -0.05) is 34.1 Å². The largest absolute Gasteiger partial charge is 0.389 e. The first-order valence-electron chi connectivity index (χ1n) is 9.74. The molecular formula is C19H38N2O2. The molecule has 4 nitrogen and oxygen atoms in total. The zero-order valence-corrected chi connectivity index (χ0v) is 15.7. The van der Waals surface area contributed by atoms with Gasteiger partial charge in [0.25, 0.3) is 0 Å². The van der Waals surface area contributed by atoms with Gasteiger partial charge in [-0.15, -0.1) is 0 Å². The number of likely N-dealkylation sites (N-methyl/N-ethyl adjacent to an activating group) is 1. The third kappa shape index (κ3) is 6.00. The first-order valence-corrected chi connectivity index (χ1v) is 9.74. The molecule has 0 aromatic carbocycles. The summed E-state index contributed by atoms with van der Waals surface area (Å²) in [7, 11) is 0. The van der Waals surface area contributed by atoms with Crippen molar-refractivity contribution in [2.24, 2.45) is 17.8 Å². The highest BCUT2D eigenvalue weighted by Crippen LogP contribution is 2.35. The summed E-state index contributed by atoms with van der Waals surface area (Å²) in [4.78, 5) is 4.85. The molecule has 1 saturated carbocycles. The summed E-state index contributed by atoms with van der Waals surface area (Å²) >= 11 is 0. The van der Waals surface area contributed by atoms with Gasteiger partial charge in [-0.3, -0.25) is 4.90 Å². The standard InChI is InChI=1S/C19H38N2O2/c1-5-20-8-10-21(11-9-20)13-17(22)14-23-19-12-16(4)6-7-18(19)15(2)3/h15-19,22H,5-14H2,1-4H3/t16-,17-,18-,19-/m1/s1. The van der Waals surface area contributed by atoms with Crippen molar-refractivity contribution in [1.82, 2.24) is 9.80 Å². The van der Waals surface area contributed by atoms with Crippen LogP contribution in [-0.2, 0) is 4.74 Å². The van der Waals surface area contributed by atoms with Gasteiger partial charge in [-0.05, 0) is 37.1 Å². The second kappa shape index (κ2) is 9.36. The monoisotopic (exact) mass is 326 g/mol. The lowest BCUT2D eigenvalue weighted by Gasteiger charge is -2.38. The Bertz CT molecular complexity index is 329. The molecule has 1 aliphatic carbocycles. The number of aliphatic hydroxyl groups excluding tert-OH is 1. The van der Waals surface area contributed by atoms with Crippen molar-refractivity contribution in [3.05, 3.63) is 0 Å². The first-order chi connectivity index (χ1) is 11.0. The number of aliphatic hydroxyl groups is 1. The molecule has 136 valence electrons. The molecule has 4 atom stereocenters. The second-order valence-electron chi connectivity index (χ2n) is 8.09. The molecule has 2 fully saturated rings. The van der Waals surface area contributed by atoms with Crippen molar-refractivity contribution in [1.29, 1.82) is 0 Å². The Labute approximate surface area is 143 Å². The molecule has 2 rings (SSSR count). The molecule has 0 unspecified atom stereocenters. The second-order valence-corrected chi connectivity index (χ2v) is 8.09. The molecule has 0 spiro atoms. The Balaban J connectivity index is 1.71. The molecule has 23 heavy (non-hydrogen) atoms. The van der Waals surface area contributed by atoms with Crippen LogP contribution in [0.15, 0.2) is 0 Å². The fourth-order valence-electron chi connectivity index (χ4n) is 4.18. The van der Waals surface area contributed by atoms with Gasteiger partial charge in [-0.25, -0.2) is 0 Å². The van der Waals surface area contributed by atoms with E-state index in [9.17, 15) is 5.11 Å². The molecule has 0 aromatic rings. The molecule has 1 heterocycles. The zero-order chi connectivity index (χ0) is 16.8. The fraction of sp³-hybridized carbons (Fsp3) is 1.00. The van der Waals surface area contributed by atoms with E-state index in [-0.39, 0.29) is 6.10 Å². The molecule has 0 aromatic heterocycles. The molecular weight excluding hydrogens is 288 g/mol. The molecule has 1 N–H and O–H groups in total. The summed E-state index contributed by atoms with van der Waals surface area (Å²) < 4.78 is 6.19. The predicted octanol–water partition coefficient (Wildman–Crippen LogP) is 2.46. The lowest BCUT2D eigenvalue weighted by Crippen LogP contribution is -2.49. The van der Waals surface area contributed by atoms with E-state index in [1.807, 2.05) is 0 Å². The van der Waals surface area contributed by atoms with Crippen molar-refractivity contribution in [3.8, 4) is 0 Å². The van der Waals surface area contributed by atoms with Gasteiger partial charge in [0.1, 0.15) is 0 Å². The molecule has 1 aliphatic heterocycles. The van der Waals surface area contributed by atoms with Gasteiger partial charge < -0.3 is 14.7 Å². The normalized spacial score (nSPS) is 32.3. The van der Waals surface area contributed by atoms with Crippen LogP contribution in [-0.4, -0.2) is 73.0 Å². The third-order valence-corrected chi connectivity index (χ3v) is 5.85. The smallest absolute Gasteiger partial charge is 0.0900 e. The van der Waals surface area contributed by atoms with Gasteiger partial charge in [0.05, 0.1) is 18.8 Å².